The van der Waals surface area contributed by atoms with Crippen molar-refractivity contribution in [3.8, 4) is 0 Å². The zero-order valence-electron chi connectivity index (χ0n) is 10.1. The summed E-state index contributed by atoms with van der Waals surface area (Å²) in [7, 11) is 1.67. The van der Waals surface area contributed by atoms with E-state index in [0.29, 0.717) is 12.6 Å². The van der Waals surface area contributed by atoms with Gasteiger partial charge in [-0.1, -0.05) is 12.8 Å². The number of amides is 1. The molecule has 1 atom stereocenters. The first-order chi connectivity index (χ1) is 7.74. The van der Waals surface area contributed by atoms with E-state index in [4.69, 9.17) is 4.74 Å². The number of nitrogens with one attached hydrogen (secondary N) is 2. The van der Waals surface area contributed by atoms with E-state index in [1.165, 1.54) is 25.7 Å². The maximum atomic E-state index is 11.2. The molecule has 1 spiro atoms. The van der Waals surface area contributed by atoms with Crippen molar-refractivity contribution < 1.29 is 9.53 Å². The molecule has 0 aromatic carbocycles. The molecule has 1 saturated heterocycles. The predicted octanol–water partition coefficient (Wildman–Crippen LogP) is 0.814. The Labute approximate surface area is 97.1 Å². The van der Waals surface area contributed by atoms with E-state index in [1.54, 1.807) is 7.05 Å². The van der Waals surface area contributed by atoms with Gasteiger partial charge in [0.1, 0.15) is 0 Å². The SMILES string of the molecule is CNC(=O)CNC1CCOC2(CCCC2)C1. The van der Waals surface area contributed by atoms with Gasteiger partial charge in [0.2, 0.25) is 5.91 Å². The number of hydrogen-bond donors (Lipinski definition) is 2. The number of carbonyl (C=O) groups is 1. The van der Waals surface area contributed by atoms with Gasteiger partial charge >= 0.3 is 0 Å². The Morgan fingerprint density at radius 3 is 2.88 bits per heavy atom. The zero-order valence-corrected chi connectivity index (χ0v) is 10.1. The van der Waals surface area contributed by atoms with Gasteiger partial charge in [0.15, 0.2) is 0 Å². The summed E-state index contributed by atoms with van der Waals surface area (Å²) in [6.45, 7) is 1.27. The Kier molecular flexibility index (Phi) is 3.82. The van der Waals surface area contributed by atoms with Crippen LogP contribution < -0.4 is 10.6 Å². The highest BCUT2D eigenvalue weighted by molar-refractivity contribution is 5.77. The molecule has 2 aliphatic rings. The van der Waals surface area contributed by atoms with Crippen LogP contribution in [0.25, 0.3) is 0 Å². The number of likely N-dealkylation sites (N-methyl/N-ethyl adjacent to an activating group) is 1. The third-order valence-corrected chi connectivity index (χ3v) is 3.84. The van der Waals surface area contributed by atoms with Gasteiger partial charge in [-0.2, -0.15) is 0 Å². The van der Waals surface area contributed by atoms with Gasteiger partial charge in [0.25, 0.3) is 0 Å². The molecule has 0 radical (unpaired) electrons. The van der Waals surface area contributed by atoms with Crippen LogP contribution >= 0.6 is 0 Å². The smallest absolute Gasteiger partial charge is 0.233 e. The summed E-state index contributed by atoms with van der Waals surface area (Å²) >= 11 is 0. The quantitative estimate of drug-likeness (QED) is 0.749. The Morgan fingerprint density at radius 2 is 2.19 bits per heavy atom. The maximum Gasteiger partial charge on any atom is 0.233 e. The van der Waals surface area contributed by atoms with Gasteiger partial charge in [0.05, 0.1) is 12.1 Å². The van der Waals surface area contributed by atoms with Gasteiger partial charge in [-0.3, -0.25) is 4.79 Å². The molecule has 92 valence electrons. The monoisotopic (exact) mass is 226 g/mol. The van der Waals surface area contributed by atoms with E-state index < -0.39 is 0 Å². The Morgan fingerprint density at radius 1 is 1.44 bits per heavy atom. The Bertz CT molecular complexity index is 249. The second-order valence-corrected chi connectivity index (χ2v) is 4.98. The molecule has 1 unspecified atom stereocenters. The van der Waals surface area contributed by atoms with E-state index in [1.807, 2.05) is 0 Å². The summed E-state index contributed by atoms with van der Waals surface area (Å²) in [6, 6.07) is 0.448. The van der Waals surface area contributed by atoms with Crippen molar-refractivity contribution in [3.05, 3.63) is 0 Å². The first-order valence-corrected chi connectivity index (χ1v) is 6.32. The van der Waals surface area contributed by atoms with E-state index >= 15 is 0 Å². The van der Waals surface area contributed by atoms with Crippen molar-refractivity contribution >= 4 is 5.91 Å². The number of rotatable bonds is 3. The molecule has 1 heterocycles. The van der Waals surface area contributed by atoms with Crippen LogP contribution in [0.1, 0.15) is 38.5 Å². The average Bonchev–Trinajstić information content (AvgIpc) is 2.74. The molecule has 1 saturated carbocycles. The summed E-state index contributed by atoms with van der Waals surface area (Å²) in [5.74, 6) is 0.0620. The highest BCUT2D eigenvalue weighted by Gasteiger charge is 2.39. The molecule has 1 amide bonds. The molecular formula is C12H22N2O2. The highest BCUT2D eigenvalue weighted by Crippen LogP contribution is 2.39. The molecule has 2 fully saturated rings. The average molecular weight is 226 g/mol. The van der Waals surface area contributed by atoms with Crippen LogP contribution in [0, 0.1) is 0 Å². The van der Waals surface area contributed by atoms with Crippen LogP contribution in [0.5, 0.6) is 0 Å². The van der Waals surface area contributed by atoms with Crippen LogP contribution in [-0.2, 0) is 9.53 Å². The largest absolute Gasteiger partial charge is 0.375 e. The lowest BCUT2D eigenvalue weighted by molar-refractivity contribution is -0.120. The molecule has 16 heavy (non-hydrogen) atoms. The second kappa shape index (κ2) is 5.15. The van der Waals surface area contributed by atoms with Crippen LogP contribution in [0.15, 0.2) is 0 Å². The second-order valence-electron chi connectivity index (χ2n) is 4.98. The van der Waals surface area contributed by atoms with Crippen molar-refractivity contribution in [1.29, 1.82) is 0 Å². The molecule has 4 nitrogen and oxygen atoms in total. The zero-order chi connectivity index (χ0) is 11.4. The van der Waals surface area contributed by atoms with Gasteiger partial charge in [-0.25, -0.2) is 0 Å². The predicted molar refractivity (Wildman–Crippen MR) is 62.2 cm³/mol. The summed E-state index contributed by atoms with van der Waals surface area (Å²) in [5, 5.41) is 5.96. The standard InChI is InChI=1S/C12H22N2O2/c1-13-11(15)9-14-10-4-7-16-12(8-10)5-2-3-6-12/h10,14H,2-9H2,1H3,(H,13,15). The van der Waals surface area contributed by atoms with Gasteiger partial charge < -0.3 is 15.4 Å². The molecule has 2 rings (SSSR count). The molecule has 1 aliphatic heterocycles. The van der Waals surface area contributed by atoms with Crippen molar-refractivity contribution in [1.82, 2.24) is 10.6 Å². The first kappa shape index (κ1) is 11.9. The van der Waals surface area contributed by atoms with Crippen molar-refractivity contribution in [3.63, 3.8) is 0 Å². The fourth-order valence-corrected chi connectivity index (χ4v) is 2.90. The maximum absolute atomic E-state index is 11.2. The first-order valence-electron chi connectivity index (χ1n) is 6.32. The minimum Gasteiger partial charge on any atom is -0.375 e. The molecule has 0 bridgehead atoms. The molecule has 4 heteroatoms. The van der Waals surface area contributed by atoms with E-state index in [2.05, 4.69) is 10.6 Å². The normalized spacial score (nSPS) is 28.2. The summed E-state index contributed by atoms with van der Waals surface area (Å²) < 4.78 is 5.95. The van der Waals surface area contributed by atoms with Crippen molar-refractivity contribution in [2.45, 2.75) is 50.2 Å². The van der Waals surface area contributed by atoms with Crippen molar-refractivity contribution in [2.75, 3.05) is 20.2 Å². The third kappa shape index (κ3) is 2.74. The molecule has 0 aromatic heterocycles. The fraction of sp³-hybridized carbons (Fsp3) is 0.917. The van der Waals surface area contributed by atoms with Crippen LogP contribution in [0.3, 0.4) is 0 Å². The fourth-order valence-electron chi connectivity index (χ4n) is 2.90. The molecule has 1 aliphatic carbocycles. The van der Waals surface area contributed by atoms with Gasteiger partial charge in [-0.05, 0) is 25.7 Å². The molecule has 0 aromatic rings. The van der Waals surface area contributed by atoms with Crippen molar-refractivity contribution in [2.24, 2.45) is 0 Å². The summed E-state index contributed by atoms with van der Waals surface area (Å²) in [4.78, 5) is 11.2. The Hall–Kier alpha value is -0.610. The lowest BCUT2D eigenvalue weighted by Crippen LogP contribution is -2.47. The number of carbonyl (C=O) groups excluding carboxylic acids is 1. The lowest BCUT2D eigenvalue weighted by Gasteiger charge is -2.38. The van der Waals surface area contributed by atoms with Crippen LogP contribution in [0.4, 0.5) is 0 Å². The van der Waals surface area contributed by atoms with Crippen LogP contribution in [-0.4, -0.2) is 37.7 Å². The summed E-state index contributed by atoms with van der Waals surface area (Å²) in [5.41, 5.74) is 0.138. The minimum atomic E-state index is 0.0620. The third-order valence-electron chi connectivity index (χ3n) is 3.84. The van der Waals surface area contributed by atoms with Gasteiger partial charge in [0, 0.05) is 19.7 Å². The number of ether oxygens (including phenoxy) is 1. The Balaban J connectivity index is 1.80. The topological polar surface area (TPSA) is 50.4 Å². The lowest BCUT2D eigenvalue weighted by atomic mass is 9.89. The van der Waals surface area contributed by atoms with Gasteiger partial charge in [-0.15, -0.1) is 0 Å². The van der Waals surface area contributed by atoms with E-state index in [0.717, 1.165) is 19.4 Å². The number of hydrogen-bond acceptors (Lipinski definition) is 3. The molecular weight excluding hydrogens is 204 g/mol. The van der Waals surface area contributed by atoms with E-state index in [-0.39, 0.29) is 11.5 Å². The highest BCUT2D eigenvalue weighted by atomic mass is 16.5. The molecule has 2 N–H and O–H groups in total. The minimum absolute atomic E-state index is 0.0620. The van der Waals surface area contributed by atoms with Crippen LogP contribution in [0.2, 0.25) is 0 Å². The van der Waals surface area contributed by atoms with E-state index in [9.17, 15) is 4.79 Å². The summed E-state index contributed by atoms with van der Waals surface area (Å²) in [6.07, 6.45) is 7.09.